The first-order valence-electron chi connectivity index (χ1n) is 4.32. The van der Waals surface area contributed by atoms with E-state index in [0.29, 0.717) is 0 Å². The monoisotopic (exact) mass is 176 g/mol. The van der Waals surface area contributed by atoms with E-state index in [2.05, 4.69) is 17.1 Å². The zero-order chi connectivity index (χ0) is 9.26. The smallest absolute Gasteiger partial charge is 0.0954 e. The zero-order valence-electron chi connectivity index (χ0n) is 7.81. The van der Waals surface area contributed by atoms with Crippen LogP contribution in [0.25, 0.3) is 11.3 Å². The van der Waals surface area contributed by atoms with E-state index in [4.69, 9.17) is 0 Å². The van der Waals surface area contributed by atoms with Crippen molar-refractivity contribution in [3.05, 3.63) is 24.7 Å². The molecule has 4 heteroatoms. The van der Waals surface area contributed by atoms with Gasteiger partial charge in [-0.3, -0.25) is 9.36 Å². The van der Waals surface area contributed by atoms with Crippen LogP contribution >= 0.6 is 0 Å². The average Bonchev–Trinajstić information content (AvgIpc) is 2.71. The summed E-state index contributed by atoms with van der Waals surface area (Å²) in [6, 6.07) is 2.00. The van der Waals surface area contributed by atoms with Crippen LogP contribution in [0.1, 0.15) is 6.92 Å². The lowest BCUT2D eigenvalue weighted by Crippen LogP contribution is -1.93. The van der Waals surface area contributed by atoms with Gasteiger partial charge < -0.3 is 0 Å². The molecule has 0 N–H and O–H groups in total. The van der Waals surface area contributed by atoms with Crippen molar-refractivity contribution in [2.24, 2.45) is 7.05 Å². The summed E-state index contributed by atoms with van der Waals surface area (Å²) in [5.74, 6) is 0. The molecule has 0 fully saturated rings. The average molecular weight is 176 g/mol. The fourth-order valence-corrected chi connectivity index (χ4v) is 1.25. The van der Waals surface area contributed by atoms with Crippen molar-refractivity contribution in [1.29, 1.82) is 0 Å². The number of rotatable bonds is 2. The van der Waals surface area contributed by atoms with E-state index in [1.807, 2.05) is 36.4 Å². The van der Waals surface area contributed by atoms with E-state index in [1.165, 1.54) is 0 Å². The van der Waals surface area contributed by atoms with Crippen LogP contribution in [-0.2, 0) is 13.6 Å². The second-order valence-corrected chi connectivity index (χ2v) is 2.96. The molecule has 0 aromatic carbocycles. The van der Waals surface area contributed by atoms with Gasteiger partial charge in [-0.15, -0.1) is 0 Å². The molecule has 13 heavy (non-hydrogen) atoms. The Kier molecular flexibility index (Phi) is 1.88. The Balaban J connectivity index is 2.35. The maximum absolute atomic E-state index is 4.38. The topological polar surface area (TPSA) is 35.6 Å². The van der Waals surface area contributed by atoms with Gasteiger partial charge in [0.2, 0.25) is 0 Å². The maximum Gasteiger partial charge on any atom is 0.0954 e. The second kappa shape index (κ2) is 3.05. The highest BCUT2D eigenvalue weighted by Crippen LogP contribution is 2.14. The van der Waals surface area contributed by atoms with Crippen molar-refractivity contribution in [2.75, 3.05) is 0 Å². The van der Waals surface area contributed by atoms with Gasteiger partial charge in [0.05, 0.1) is 11.9 Å². The molecule has 4 nitrogen and oxygen atoms in total. The van der Waals surface area contributed by atoms with E-state index in [-0.39, 0.29) is 0 Å². The van der Waals surface area contributed by atoms with Crippen LogP contribution in [-0.4, -0.2) is 19.6 Å². The summed E-state index contributed by atoms with van der Waals surface area (Å²) in [7, 11) is 1.90. The molecule has 2 heterocycles. The molecule has 0 aliphatic heterocycles. The summed E-state index contributed by atoms with van der Waals surface area (Å²) in [6.07, 6.45) is 5.76. The minimum Gasteiger partial charge on any atom is -0.275 e. The fraction of sp³-hybridized carbons (Fsp3) is 0.333. The maximum atomic E-state index is 4.38. The summed E-state index contributed by atoms with van der Waals surface area (Å²) in [4.78, 5) is 0. The predicted molar refractivity (Wildman–Crippen MR) is 50.1 cm³/mol. The van der Waals surface area contributed by atoms with Gasteiger partial charge >= 0.3 is 0 Å². The van der Waals surface area contributed by atoms with Gasteiger partial charge in [-0.2, -0.15) is 10.2 Å². The van der Waals surface area contributed by atoms with Crippen molar-refractivity contribution >= 4 is 0 Å². The van der Waals surface area contributed by atoms with E-state index in [9.17, 15) is 0 Å². The van der Waals surface area contributed by atoms with E-state index < -0.39 is 0 Å². The summed E-state index contributed by atoms with van der Waals surface area (Å²) >= 11 is 0. The summed E-state index contributed by atoms with van der Waals surface area (Å²) in [5.41, 5.74) is 2.05. The van der Waals surface area contributed by atoms with Crippen molar-refractivity contribution in [3.63, 3.8) is 0 Å². The molecule has 0 radical (unpaired) electrons. The first-order valence-corrected chi connectivity index (χ1v) is 4.32. The Labute approximate surface area is 76.8 Å². The lowest BCUT2D eigenvalue weighted by atomic mass is 10.3. The first kappa shape index (κ1) is 8.04. The third-order valence-electron chi connectivity index (χ3n) is 1.97. The van der Waals surface area contributed by atoms with Gasteiger partial charge in [0.1, 0.15) is 0 Å². The molecule has 2 aromatic heterocycles. The molecule has 0 atom stereocenters. The molecule has 68 valence electrons. The van der Waals surface area contributed by atoms with Gasteiger partial charge in [-0.1, -0.05) is 0 Å². The Morgan fingerprint density at radius 3 is 2.85 bits per heavy atom. The van der Waals surface area contributed by atoms with Crippen molar-refractivity contribution in [1.82, 2.24) is 19.6 Å². The Hall–Kier alpha value is -1.58. The van der Waals surface area contributed by atoms with Crippen LogP contribution in [0.4, 0.5) is 0 Å². The normalized spacial score (nSPS) is 10.6. The highest BCUT2D eigenvalue weighted by Gasteiger charge is 2.02. The van der Waals surface area contributed by atoms with Gasteiger partial charge in [-0.25, -0.2) is 0 Å². The minimum absolute atomic E-state index is 0.903. The summed E-state index contributed by atoms with van der Waals surface area (Å²) in [5, 5.41) is 8.47. The minimum atomic E-state index is 0.903. The highest BCUT2D eigenvalue weighted by atomic mass is 15.3. The largest absolute Gasteiger partial charge is 0.275 e. The quantitative estimate of drug-likeness (QED) is 0.691. The molecule has 0 amide bonds. The van der Waals surface area contributed by atoms with Crippen LogP contribution in [0, 0.1) is 0 Å². The third-order valence-corrected chi connectivity index (χ3v) is 1.97. The number of aromatic nitrogens is 4. The third kappa shape index (κ3) is 1.47. The number of aryl methyl sites for hydroxylation is 2. The zero-order valence-corrected chi connectivity index (χ0v) is 7.81. The molecule has 0 aliphatic carbocycles. The molecule has 0 bridgehead atoms. The number of nitrogens with zero attached hydrogens (tertiary/aromatic N) is 4. The van der Waals surface area contributed by atoms with E-state index >= 15 is 0 Å². The van der Waals surface area contributed by atoms with Crippen LogP contribution in [0.15, 0.2) is 24.7 Å². The number of hydrogen-bond acceptors (Lipinski definition) is 2. The fourth-order valence-electron chi connectivity index (χ4n) is 1.25. The van der Waals surface area contributed by atoms with Crippen LogP contribution < -0.4 is 0 Å². The second-order valence-electron chi connectivity index (χ2n) is 2.96. The molecule has 2 aromatic rings. The molecular formula is C9H12N4. The predicted octanol–water partition coefficient (Wildman–Crippen LogP) is 1.30. The molecular weight excluding hydrogens is 164 g/mol. The van der Waals surface area contributed by atoms with E-state index in [1.54, 1.807) is 4.68 Å². The van der Waals surface area contributed by atoms with Gasteiger partial charge in [0, 0.05) is 31.5 Å². The van der Waals surface area contributed by atoms with Crippen LogP contribution in [0.3, 0.4) is 0 Å². The summed E-state index contributed by atoms with van der Waals surface area (Å²) < 4.78 is 3.68. The van der Waals surface area contributed by atoms with E-state index in [0.717, 1.165) is 17.8 Å². The van der Waals surface area contributed by atoms with Crippen LogP contribution in [0.2, 0.25) is 0 Å². The lowest BCUT2D eigenvalue weighted by Gasteiger charge is -1.91. The van der Waals surface area contributed by atoms with Crippen molar-refractivity contribution in [2.45, 2.75) is 13.5 Å². The standard InChI is InChI=1S/C9H12N4/c1-3-13-5-4-9(11-13)8-6-10-12(2)7-8/h4-7H,3H2,1-2H3. The molecule has 2 rings (SSSR count). The first-order chi connectivity index (χ1) is 6.29. The lowest BCUT2D eigenvalue weighted by molar-refractivity contribution is 0.662. The van der Waals surface area contributed by atoms with Crippen molar-refractivity contribution < 1.29 is 0 Å². The Bertz CT molecular complexity index is 399. The van der Waals surface area contributed by atoms with Crippen LogP contribution in [0.5, 0.6) is 0 Å². The SMILES string of the molecule is CCn1ccc(-c2cnn(C)c2)n1. The van der Waals surface area contributed by atoms with Gasteiger partial charge in [0.25, 0.3) is 0 Å². The number of hydrogen-bond donors (Lipinski definition) is 0. The van der Waals surface area contributed by atoms with Gasteiger partial charge in [0.15, 0.2) is 0 Å². The molecule has 0 saturated carbocycles. The van der Waals surface area contributed by atoms with Gasteiger partial charge in [-0.05, 0) is 13.0 Å². The highest BCUT2D eigenvalue weighted by molar-refractivity contribution is 5.55. The molecule has 0 spiro atoms. The summed E-state index contributed by atoms with van der Waals surface area (Å²) in [6.45, 7) is 2.97. The Morgan fingerprint density at radius 2 is 2.31 bits per heavy atom. The molecule has 0 saturated heterocycles. The molecule has 0 unspecified atom stereocenters. The van der Waals surface area contributed by atoms with Crippen molar-refractivity contribution in [3.8, 4) is 11.3 Å². The Morgan fingerprint density at radius 1 is 1.46 bits per heavy atom. The molecule has 0 aliphatic rings.